The fraction of sp³-hybridized carbons (Fsp3) is 0.444. The molecule has 0 unspecified atom stereocenters. The molecule has 1 aliphatic rings. The maximum atomic E-state index is 9.74. The van der Waals surface area contributed by atoms with Gasteiger partial charge in [-0.3, -0.25) is 4.90 Å². The Morgan fingerprint density at radius 1 is 1.05 bits per heavy atom. The molecule has 1 aliphatic carbocycles. The average Bonchev–Trinajstić information content (AvgIpc) is 3.00. The summed E-state index contributed by atoms with van der Waals surface area (Å²) in [4.78, 5) is 3.86. The standard InChI is InChI=1S/C18H23NO2S/c20-16-8-6-15(7-9-16)19(13-18-5-2-10-22-18)12-14-3-1-4-17(21)11-14/h1-5,10-11,15-16,20-21H,6-9,12-13H2. The molecule has 3 nitrogen and oxygen atoms in total. The molecule has 0 amide bonds. The van der Waals surface area contributed by atoms with E-state index in [4.69, 9.17) is 0 Å². The minimum Gasteiger partial charge on any atom is -0.508 e. The Bertz CT molecular complexity index is 577. The molecule has 0 radical (unpaired) electrons. The summed E-state index contributed by atoms with van der Waals surface area (Å²) in [7, 11) is 0. The summed E-state index contributed by atoms with van der Waals surface area (Å²) in [5.74, 6) is 0.327. The minimum absolute atomic E-state index is 0.124. The van der Waals surface area contributed by atoms with Crippen LogP contribution in [-0.2, 0) is 13.1 Å². The van der Waals surface area contributed by atoms with Gasteiger partial charge in [-0.1, -0.05) is 18.2 Å². The fourth-order valence-electron chi connectivity index (χ4n) is 3.23. The van der Waals surface area contributed by atoms with Crippen molar-refractivity contribution in [2.45, 2.75) is 50.9 Å². The maximum Gasteiger partial charge on any atom is 0.115 e. The van der Waals surface area contributed by atoms with E-state index in [1.165, 1.54) is 4.88 Å². The van der Waals surface area contributed by atoms with E-state index in [-0.39, 0.29) is 6.10 Å². The van der Waals surface area contributed by atoms with Gasteiger partial charge in [-0.15, -0.1) is 11.3 Å². The Hall–Kier alpha value is -1.36. The summed E-state index contributed by atoms with van der Waals surface area (Å²) in [6, 6.07) is 12.3. The highest BCUT2D eigenvalue weighted by molar-refractivity contribution is 7.09. The summed E-state index contributed by atoms with van der Waals surface area (Å²) >= 11 is 1.79. The largest absolute Gasteiger partial charge is 0.508 e. The number of aliphatic hydroxyl groups excluding tert-OH is 1. The third-order valence-corrected chi connectivity index (χ3v) is 5.28. The number of hydrogen-bond donors (Lipinski definition) is 2. The van der Waals surface area contributed by atoms with Crippen molar-refractivity contribution in [1.82, 2.24) is 4.90 Å². The highest BCUT2D eigenvalue weighted by atomic mass is 32.1. The van der Waals surface area contributed by atoms with Gasteiger partial charge in [-0.05, 0) is 54.8 Å². The highest BCUT2D eigenvalue weighted by Crippen LogP contribution is 2.27. The van der Waals surface area contributed by atoms with Crippen molar-refractivity contribution < 1.29 is 10.2 Å². The van der Waals surface area contributed by atoms with Crippen LogP contribution in [0.5, 0.6) is 5.75 Å². The van der Waals surface area contributed by atoms with Gasteiger partial charge in [-0.25, -0.2) is 0 Å². The van der Waals surface area contributed by atoms with Gasteiger partial charge in [0.1, 0.15) is 5.75 Å². The molecule has 1 heterocycles. The lowest BCUT2D eigenvalue weighted by atomic mass is 9.91. The zero-order valence-electron chi connectivity index (χ0n) is 12.7. The first-order valence-electron chi connectivity index (χ1n) is 7.93. The molecule has 0 spiro atoms. The van der Waals surface area contributed by atoms with Crippen molar-refractivity contribution >= 4 is 11.3 Å². The van der Waals surface area contributed by atoms with Crippen LogP contribution < -0.4 is 0 Å². The molecular formula is C18H23NO2S. The molecule has 0 atom stereocenters. The van der Waals surface area contributed by atoms with Gasteiger partial charge in [0.05, 0.1) is 6.10 Å². The van der Waals surface area contributed by atoms with E-state index < -0.39 is 0 Å². The summed E-state index contributed by atoms with van der Waals surface area (Å²) < 4.78 is 0. The molecule has 0 aliphatic heterocycles. The molecule has 3 rings (SSSR count). The number of aliphatic hydroxyl groups is 1. The quantitative estimate of drug-likeness (QED) is 0.882. The molecule has 1 saturated carbocycles. The number of thiophene rings is 1. The normalized spacial score (nSPS) is 22.1. The lowest BCUT2D eigenvalue weighted by Crippen LogP contribution is -2.38. The minimum atomic E-state index is -0.124. The van der Waals surface area contributed by atoms with Crippen molar-refractivity contribution in [2.75, 3.05) is 0 Å². The second kappa shape index (κ2) is 7.27. The monoisotopic (exact) mass is 317 g/mol. The van der Waals surface area contributed by atoms with Crippen LogP contribution >= 0.6 is 11.3 Å². The number of rotatable bonds is 5. The SMILES string of the molecule is Oc1cccc(CN(Cc2cccs2)C2CCC(O)CC2)c1. The van der Waals surface area contributed by atoms with Crippen molar-refractivity contribution in [3.8, 4) is 5.75 Å². The summed E-state index contributed by atoms with van der Waals surface area (Å²) in [6.45, 7) is 1.78. The molecule has 4 heteroatoms. The predicted molar refractivity (Wildman–Crippen MR) is 89.9 cm³/mol. The Kier molecular flexibility index (Phi) is 5.13. The van der Waals surface area contributed by atoms with Crippen LogP contribution in [0.1, 0.15) is 36.1 Å². The maximum absolute atomic E-state index is 9.74. The van der Waals surface area contributed by atoms with E-state index >= 15 is 0 Å². The van der Waals surface area contributed by atoms with E-state index in [0.717, 1.165) is 44.3 Å². The third-order valence-electron chi connectivity index (χ3n) is 4.42. The van der Waals surface area contributed by atoms with Crippen LogP contribution in [0.4, 0.5) is 0 Å². The summed E-state index contributed by atoms with van der Waals surface area (Å²) in [5.41, 5.74) is 1.14. The van der Waals surface area contributed by atoms with Gasteiger partial charge in [0.2, 0.25) is 0 Å². The molecule has 118 valence electrons. The van der Waals surface area contributed by atoms with Crippen LogP contribution in [0.2, 0.25) is 0 Å². The second-order valence-corrected chi connectivity index (χ2v) is 7.15. The third kappa shape index (κ3) is 4.09. The smallest absolute Gasteiger partial charge is 0.115 e. The first-order chi connectivity index (χ1) is 10.7. The fourth-order valence-corrected chi connectivity index (χ4v) is 3.96. The Balaban J connectivity index is 1.73. The summed E-state index contributed by atoms with van der Waals surface area (Å²) in [6.07, 6.45) is 3.76. The molecule has 0 bridgehead atoms. The van der Waals surface area contributed by atoms with Crippen LogP contribution in [0.3, 0.4) is 0 Å². The topological polar surface area (TPSA) is 43.7 Å². The zero-order chi connectivity index (χ0) is 15.4. The number of phenols is 1. The molecule has 1 fully saturated rings. The Morgan fingerprint density at radius 3 is 2.55 bits per heavy atom. The van der Waals surface area contributed by atoms with Gasteiger partial charge in [-0.2, -0.15) is 0 Å². The molecule has 2 N–H and O–H groups in total. The van der Waals surface area contributed by atoms with E-state index in [0.29, 0.717) is 11.8 Å². The van der Waals surface area contributed by atoms with Gasteiger partial charge >= 0.3 is 0 Å². The van der Waals surface area contributed by atoms with Gasteiger partial charge in [0.15, 0.2) is 0 Å². The summed E-state index contributed by atoms with van der Waals surface area (Å²) in [5, 5.41) is 21.5. The highest BCUT2D eigenvalue weighted by Gasteiger charge is 2.25. The molecule has 1 aromatic heterocycles. The first-order valence-corrected chi connectivity index (χ1v) is 8.81. The van der Waals surface area contributed by atoms with Crippen LogP contribution in [-0.4, -0.2) is 27.3 Å². The van der Waals surface area contributed by atoms with E-state index in [9.17, 15) is 10.2 Å². The van der Waals surface area contributed by atoms with E-state index in [2.05, 4.69) is 28.5 Å². The van der Waals surface area contributed by atoms with Crippen molar-refractivity contribution in [3.63, 3.8) is 0 Å². The first kappa shape index (κ1) is 15.5. The van der Waals surface area contributed by atoms with Crippen molar-refractivity contribution in [3.05, 3.63) is 52.2 Å². The Morgan fingerprint density at radius 2 is 1.86 bits per heavy atom. The van der Waals surface area contributed by atoms with Crippen LogP contribution in [0, 0.1) is 0 Å². The van der Waals surface area contributed by atoms with Crippen LogP contribution in [0.15, 0.2) is 41.8 Å². The number of nitrogens with zero attached hydrogens (tertiary/aromatic N) is 1. The van der Waals surface area contributed by atoms with E-state index in [1.54, 1.807) is 17.4 Å². The second-order valence-electron chi connectivity index (χ2n) is 6.12. The lowest BCUT2D eigenvalue weighted by molar-refractivity contribution is 0.0670. The number of phenolic OH excluding ortho intramolecular Hbond substituents is 1. The molecule has 2 aromatic rings. The van der Waals surface area contributed by atoms with Gasteiger partial charge in [0, 0.05) is 24.0 Å². The van der Waals surface area contributed by atoms with Crippen molar-refractivity contribution in [2.24, 2.45) is 0 Å². The van der Waals surface area contributed by atoms with E-state index in [1.807, 2.05) is 12.1 Å². The average molecular weight is 317 g/mol. The lowest BCUT2D eigenvalue weighted by Gasteiger charge is -2.35. The van der Waals surface area contributed by atoms with Gasteiger partial charge in [0.25, 0.3) is 0 Å². The van der Waals surface area contributed by atoms with Gasteiger partial charge < -0.3 is 10.2 Å². The Labute approximate surface area is 135 Å². The molecular weight excluding hydrogens is 294 g/mol. The predicted octanol–water partition coefficient (Wildman–Crippen LogP) is 3.76. The molecule has 22 heavy (non-hydrogen) atoms. The number of hydrogen-bond acceptors (Lipinski definition) is 4. The zero-order valence-corrected chi connectivity index (χ0v) is 13.5. The van der Waals surface area contributed by atoms with Crippen LogP contribution in [0.25, 0.3) is 0 Å². The van der Waals surface area contributed by atoms with Crippen molar-refractivity contribution in [1.29, 1.82) is 0 Å². The number of benzene rings is 1. The molecule has 1 aromatic carbocycles. The number of aromatic hydroxyl groups is 1. The molecule has 0 saturated heterocycles.